The van der Waals surface area contributed by atoms with E-state index in [0.717, 1.165) is 31.7 Å². The van der Waals surface area contributed by atoms with E-state index in [9.17, 15) is 13.9 Å². The Labute approximate surface area is 178 Å². The van der Waals surface area contributed by atoms with E-state index in [0.29, 0.717) is 12.1 Å². The van der Waals surface area contributed by atoms with Crippen molar-refractivity contribution in [3.05, 3.63) is 70.3 Å². The Morgan fingerprint density at radius 1 is 1.10 bits per heavy atom. The first-order valence-corrected chi connectivity index (χ1v) is 10.8. The third-order valence-electron chi connectivity index (χ3n) is 5.72. The van der Waals surface area contributed by atoms with Gasteiger partial charge in [-0.3, -0.25) is 0 Å². The molecule has 0 spiro atoms. The number of hydrogen-bond acceptors (Lipinski definition) is 3. The topological polar surface area (TPSA) is 58.3 Å². The number of fused-ring (bicyclic) bond motifs is 1. The van der Waals surface area contributed by atoms with Gasteiger partial charge < -0.3 is 16.2 Å². The van der Waals surface area contributed by atoms with Gasteiger partial charge in [0.25, 0.3) is 0 Å². The van der Waals surface area contributed by atoms with E-state index in [1.54, 1.807) is 0 Å². The molecule has 0 fully saturated rings. The number of rotatable bonds is 7. The van der Waals surface area contributed by atoms with E-state index in [-0.39, 0.29) is 17.9 Å². The maximum Gasteiger partial charge on any atom is 0.126 e. The molecule has 0 aliphatic heterocycles. The highest BCUT2D eigenvalue weighted by atomic mass is 19.1. The summed E-state index contributed by atoms with van der Waals surface area (Å²) in [6, 6.07) is 9.71. The molecule has 0 unspecified atom stereocenters. The van der Waals surface area contributed by atoms with Crippen molar-refractivity contribution in [2.45, 2.75) is 71.1 Å². The fraction of sp³-hybridized carbons (Fsp3) is 0.520. The first-order chi connectivity index (χ1) is 14.1. The highest BCUT2D eigenvalue weighted by Crippen LogP contribution is 2.32. The van der Waals surface area contributed by atoms with Gasteiger partial charge in [-0.2, -0.15) is 0 Å². The van der Waals surface area contributed by atoms with E-state index in [1.165, 1.54) is 28.8 Å². The fourth-order valence-electron chi connectivity index (χ4n) is 4.33. The number of aliphatic hydroxyl groups excluding tert-OH is 1. The molecule has 30 heavy (non-hydrogen) atoms. The van der Waals surface area contributed by atoms with Crippen molar-refractivity contribution < 1.29 is 13.9 Å². The Bertz CT molecular complexity index is 842. The van der Waals surface area contributed by atoms with Crippen LogP contribution in [0.3, 0.4) is 0 Å². The Morgan fingerprint density at radius 2 is 1.80 bits per heavy atom. The van der Waals surface area contributed by atoms with Crippen LogP contribution in [0.2, 0.25) is 0 Å². The number of aryl methyl sites for hydroxylation is 1. The highest BCUT2D eigenvalue weighted by Gasteiger charge is 2.23. The van der Waals surface area contributed by atoms with Crippen LogP contribution in [0.15, 0.2) is 36.4 Å². The lowest BCUT2D eigenvalue weighted by molar-refractivity contribution is 0.136. The monoisotopic (exact) mass is 416 g/mol. The van der Waals surface area contributed by atoms with Crippen LogP contribution in [0, 0.1) is 17.0 Å². The van der Waals surface area contributed by atoms with Crippen LogP contribution in [0.1, 0.15) is 61.9 Å². The SMILES string of the molecule is CC(C)(C)Cc1ccc2c(c1)[C@@H](NC[C@@H](O)[C@@H](N)Cc1cc(F)cc(F)c1)CCC2. The van der Waals surface area contributed by atoms with E-state index in [1.807, 2.05) is 0 Å². The van der Waals surface area contributed by atoms with Crippen LogP contribution in [0.5, 0.6) is 0 Å². The average Bonchev–Trinajstić information content (AvgIpc) is 2.63. The summed E-state index contributed by atoms with van der Waals surface area (Å²) >= 11 is 0. The smallest absolute Gasteiger partial charge is 0.126 e. The van der Waals surface area contributed by atoms with Crippen molar-refractivity contribution in [2.24, 2.45) is 11.1 Å². The Morgan fingerprint density at radius 3 is 2.47 bits per heavy atom. The number of hydrogen-bond donors (Lipinski definition) is 3. The second kappa shape index (κ2) is 9.54. The third-order valence-corrected chi connectivity index (χ3v) is 5.72. The van der Waals surface area contributed by atoms with Crippen molar-refractivity contribution in [2.75, 3.05) is 6.54 Å². The molecule has 5 heteroatoms. The van der Waals surface area contributed by atoms with Crippen LogP contribution in [-0.2, 0) is 19.3 Å². The zero-order chi connectivity index (χ0) is 21.9. The number of nitrogens with one attached hydrogen (secondary N) is 1. The van der Waals surface area contributed by atoms with Crippen LogP contribution in [0.4, 0.5) is 8.78 Å². The lowest BCUT2D eigenvalue weighted by Crippen LogP contribution is -2.44. The van der Waals surface area contributed by atoms with E-state index < -0.39 is 23.8 Å². The predicted octanol–water partition coefficient (Wildman–Crippen LogP) is 4.45. The Balaban J connectivity index is 1.62. The summed E-state index contributed by atoms with van der Waals surface area (Å²) in [5.41, 5.74) is 10.8. The van der Waals surface area contributed by atoms with Crippen LogP contribution < -0.4 is 11.1 Å². The maximum absolute atomic E-state index is 13.4. The lowest BCUT2D eigenvalue weighted by atomic mass is 9.82. The summed E-state index contributed by atoms with van der Waals surface area (Å²) in [4.78, 5) is 0. The van der Waals surface area contributed by atoms with Gasteiger partial charge in [-0.25, -0.2) is 8.78 Å². The molecular formula is C25H34F2N2O. The summed E-state index contributed by atoms with van der Waals surface area (Å²) < 4.78 is 26.8. The number of halogens is 2. The summed E-state index contributed by atoms with van der Waals surface area (Å²) in [6.07, 6.45) is 3.63. The minimum absolute atomic E-state index is 0.183. The first-order valence-electron chi connectivity index (χ1n) is 10.8. The summed E-state index contributed by atoms with van der Waals surface area (Å²) in [7, 11) is 0. The van der Waals surface area contributed by atoms with E-state index >= 15 is 0 Å². The van der Waals surface area contributed by atoms with E-state index in [4.69, 9.17) is 5.73 Å². The van der Waals surface area contributed by atoms with E-state index in [2.05, 4.69) is 44.3 Å². The zero-order valence-corrected chi connectivity index (χ0v) is 18.2. The van der Waals surface area contributed by atoms with Gasteiger partial charge in [0.2, 0.25) is 0 Å². The van der Waals surface area contributed by atoms with Gasteiger partial charge in [-0.15, -0.1) is 0 Å². The number of nitrogens with two attached hydrogens (primary N) is 1. The largest absolute Gasteiger partial charge is 0.390 e. The first kappa shape index (κ1) is 22.9. The molecule has 4 N–H and O–H groups in total. The van der Waals surface area contributed by atoms with Crippen molar-refractivity contribution >= 4 is 0 Å². The molecule has 0 saturated carbocycles. The van der Waals surface area contributed by atoms with Gasteiger partial charge in [0.1, 0.15) is 11.6 Å². The summed E-state index contributed by atoms with van der Waals surface area (Å²) in [5, 5.41) is 14.0. The molecular weight excluding hydrogens is 382 g/mol. The molecule has 1 aliphatic rings. The molecule has 1 aliphatic carbocycles. The summed E-state index contributed by atoms with van der Waals surface area (Å²) in [6.45, 7) is 7.06. The quantitative estimate of drug-likeness (QED) is 0.625. The molecule has 0 saturated heterocycles. The Kier molecular flexibility index (Phi) is 7.27. The standard InChI is InChI=1S/C25H34F2N2O/c1-25(2,3)14-16-7-8-18-5-4-6-23(21(18)11-16)29-15-24(30)22(28)12-17-9-19(26)13-20(27)10-17/h7-11,13,22-24,29-30H,4-6,12,14-15,28H2,1-3H3/t22-,23-,24+/m0/s1. The molecule has 0 heterocycles. The second-order valence-corrected chi connectivity index (χ2v) is 9.84. The molecule has 2 aromatic rings. The zero-order valence-electron chi connectivity index (χ0n) is 18.2. The van der Waals surface area contributed by atoms with Crippen molar-refractivity contribution in [1.29, 1.82) is 0 Å². The lowest BCUT2D eigenvalue weighted by Gasteiger charge is -2.30. The van der Waals surface area contributed by atoms with Gasteiger partial charge in [-0.05, 0) is 71.9 Å². The van der Waals surface area contributed by atoms with Gasteiger partial charge in [0, 0.05) is 24.7 Å². The third kappa shape index (κ3) is 6.34. The number of benzene rings is 2. The van der Waals surface area contributed by atoms with Gasteiger partial charge in [0.05, 0.1) is 6.10 Å². The van der Waals surface area contributed by atoms with Crippen LogP contribution >= 0.6 is 0 Å². The molecule has 0 aromatic heterocycles. The molecule has 0 radical (unpaired) electrons. The fourth-order valence-corrected chi connectivity index (χ4v) is 4.33. The van der Waals surface area contributed by atoms with Gasteiger partial charge >= 0.3 is 0 Å². The van der Waals surface area contributed by atoms with Gasteiger partial charge in [-0.1, -0.05) is 39.0 Å². The predicted molar refractivity (Wildman–Crippen MR) is 117 cm³/mol. The average molecular weight is 417 g/mol. The maximum atomic E-state index is 13.4. The van der Waals surface area contributed by atoms with Gasteiger partial charge in [0.15, 0.2) is 0 Å². The van der Waals surface area contributed by atoms with Crippen LogP contribution in [-0.4, -0.2) is 23.8 Å². The molecule has 164 valence electrons. The van der Waals surface area contributed by atoms with Crippen molar-refractivity contribution in [3.63, 3.8) is 0 Å². The Hall–Kier alpha value is -1.82. The van der Waals surface area contributed by atoms with Crippen molar-refractivity contribution in [3.8, 4) is 0 Å². The molecule has 3 nitrogen and oxygen atoms in total. The van der Waals surface area contributed by atoms with Crippen LogP contribution in [0.25, 0.3) is 0 Å². The molecule has 3 rings (SSSR count). The minimum atomic E-state index is -0.806. The van der Waals surface area contributed by atoms with Crippen molar-refractivity contribution in [1.82, 2.24) is 5.32 Å². The minimum Gasteiger partial charge on any atom is -0.390 e. The second-order valence-electron chi connectivity index (χ2n) is 9.84. The summed E-state index contributed by atoms with van der Waals surface area (Å²) in [5.74, 6) is -1.26. The molecule has 0 amide bonds. The molecule has 0 bridgehead atoms. The highest BCUT2D eigenvalue weighted by molar-refractivity contribution is 5.36. The number of aliphatic hydroxyl groups is 1. The molecule has 2 aromatic carbocycles. The molecule has 3 atom stereocenters. The normalized spacial score (nSPS) is 18.7.